The molecule has 1 aliphatic rings. The number of para-hydroxylation sites is 1. The Morgan fingerprint density at radius 1 is 1.20 bits per heavy atom. The van der Waals surface area contributed by atoms with Gasteiger partial charge >= 0.3 is 0 Å². The topological polar surface area (TPSA) is 60.0 Å². The normalized spacial score (nSPS) is 13.6. The van der Waals surface area contributed by atoms with Crippen molar-refractivity contribution in [3.63, 3.8) is 0 Å². The molecule has 0 radical (unpaired) electrons. The predicted octanol–water partition coefficient (Wildman–Crippen LogP) is 2.46. The van der Waals surface area contributed by atoms with Crippen molar-refractivity contribution >= 4 is 5.91 Å². The van der Waals surface area contributed by atoms with E-state index in [2.05, 4.69) is 10.2 Å². The van der Waals surface area contributed by atoms with Crippen LogP contribution in [0, 0.1) is 0 Å². The van der Waals surface area contributed by atoms with Gasteiger partial charge in [0.1, 0.15) is 5.75 Å². The van der Waals surface area contributed by atoms with E-state index in [4.69, 9.17) is 14.2 Å². The molecule has 0 bridgehead atoms. The first kappa shape index (κ1) is 17.1. The summed E-state index contributed by atoms with van der Waals surface area (Å²) in [5.74, 6) is 1.88. The lowest BCUT2D eigenvalue weighted by molar-refractivity contribution is 0.0939. The Balaban J connectivity index is 1.73. The molecule has 1 aliphatic heterocycles. The first-order valence-corrected chi connectivity index (χ1v) is 8.07. The summed E-state index contributed by atoms with van der Waals surface area (Å²) in [5.41, 5.74) is 1.57. The zero-order valence-electron chi connectivity index (χ0n) is 14.6. The van der Waals surface area contributed by atoms with Gasteiger partial charge in [-0.3, -0.25) is 4.79 Å². The summed E-state index contributed by atoms with van der Waals surface area (Å²) in [5, 5.41) is 2.99. The van der Waals surface area contributed by atoms with Gasteiger partial charge in [-0.1, -0.05) is 18.2 Å². The molecule has 6 heteroatoms. The van der Waals surface area contributed by atoms with Crippen molar-refractivity contribution in [3.8, 4) is 17.2 Å². The molecule has 1 atom stereocenters. The van der Waals surface area contributed by atoms with Crippen LogP contribution in [0.3, 0.4) is 0 Å². The van der Waals surface area contributed by atoms with Gasteiger partial charge in [-0.2, -0.15) is 0 Å². The maximum atomic E-state index is 12.5. The van der Waals surface area contributed by atoms with E-state index in [-0.39, 0.29) is 18.7 Å². The average Bonchev–Trinajstić information content (AvgIpc) is 3.09. The zero-order valence-corrected chi connectivity index (χ0v) is 14.6. The summed E-state index contributed by atoms with van der Waals surface area (Å²) in [7, 11) is 5.51. The smallest absolute Gasteiger partial charge is 0.255 e. The SMILES string of the molecule is COc1ccccc1C(=O)NC[C@H](c1ccc2c(c1)OCO2)N(C)C. The number of amides is 1. The van der Waals surface area contributed by atoms with Crippen LogP contribution in [0.5, 0.6) is 17.2 Å². The number of nitrogens with one attached hydrogen (secondary N) is 1. The third kappa shape index (κ3) is 3.69. The molecule has 3 rings (SSSR count). The molecule has 25 heavy (non-hydrogen) atoms. The van der Waals surface area contributed by atoms with Crippen molar-refractivity contribution in [2.75, 3.05) is 34.5 Å². The van der Waals surface area contributed by atoms with Crippen LogP contribution in [-0.4, -0.2) is 45.3 Å². The van der Waals surface area contributed by atoms with Gasteiger partial charge in [-0.05, 0) is 43.9 Å². The lowest BCUT2D eigenvalue weighted by atomic mass is 10.0. The molecular weight excluding hydrogens is 320 g/mol. The number of hydrogen-bond donors (Lipinski definition) is 1. The molecule has 2 aromatic carbocycles. The summed E-state index contributed by atoms with van der Waals surface area (Å²) < 4.78 is 16.1. The fraction of sp³-hybridized carbons (Fsp3) is 0.316. The zero-order chi connectivity index (χ0) is 17.8. The molecule has 1 N–H and O–H groups in total. The maximum absolute atomic E-state index is 12.5. The van der Waals surface area contributed by atoms with Gasteiger partial charge in [0.2, 0.25) is 6.79 Å². The van der Waals surface area contributed by atoms with Crippen LogP contribution >= 0.6 is 0 Å². The number of fused-ring (bicyclic) bond motifs is 1. The Morgan fingerprint density at radius 3 is 2.72 bits per heavy atom. The summed E-state index contributed by atoms with van der Waals surface area (Å²) >= 11 is 0. The lowest BCUT2D eigenvalue weighted by Gasteiger charge is -2.25. The van der Waals surface area contributed by atoms with Crippen molar-refractivity contribution in [3.05, 3.63) is 53.6 Å². The quantitative estimate of drug-likeness (QED) is 0.874. The van der Waals surface area contributed by atoms with Crippen molar-refractivity contribution in [2.45, 2.75) is 6.04 Å². The number of ether oxygens (including phenoxy) is 3. The van der Waals surface area contributed by atoms with Crippen molar-refractivity contribution in [1.29, 1.82) is 0 Å². The standard InChI is InChI=1S/C19H22N2O4/c1-21(2)15(13-8-9-17-18(10-13)25-12-24-17)11-20-19(22)14-6-4-5-7-16(14)23-3/h4-10,15H,11-12H2,1-3H3,(H,20,22)/t15-/m1/s1. The van der Waals surface area contributed by atoms with Crippen LogP contribution in [0.15, 0.2) is 42.5 Å². The van der Waals surface area contributed by atoms with E-state index < -0.39 is 0 Å². The first-order chi connectivity index (χ1) is 12.1. The van der Waals surface area contributed by atoms with Crippen LogP contribution in [0.2, 0.25) is 0 Å². The minimum Gasteiger partial charge on any atom is -0.496 e. The first-order valence-electron chi connectivity index (χ1n) is 8.07. The third-order valence-corrected chi connectivity index (χ3v) is 4.21. The second-order valence-corrected chi connectivity index (χ2v) is 6.00. The van der Waals surface area contributed by atoms with Gasteiger partial charge in [-0.25, -0.2) is 0 Å². The van der Waals surface area contributed by atoms with Gasteiger partial charge in [0.05, 0.1) is 18.7 Å². The number of likely N-dealkylation sites (N-methyl/N-ethyl adjacent to an activating group) is 1. The molecule has 0 unspecified atom stereocenters. The number of methoxy groups -OCH3 is 1. The molecule has 1 heterocycles. The Hall–Kier alpha value is -2.73. The van der Waals surface area contributed by atoms with Crippen molar-refractivity contribution in [1.82, 2.24) is 10.2 Å². The number of benzene rings is 2. The van der Waals surface area contributed by atoms with Gasteiger partial charge in [0.25, 0.3) is 5.91 Å². The summed E-state index contributed by atoms with van der Waals surface area (Å²) in [6.45, 7) is 0.708. The molecule has 2 aromatic rings. The summed E-state index contributed by atoms with van der Waals surface area (Å²) in [4.78, 5) is 14.6. The molecule has 0 aromatic heterocycles. The van der Waals surface area contributed by atoms with Crippen LogP contribution in [0.1, 0.15) is 22.0 Å². The van der Waals surface area contributed by atoms with Gasteiger partial charge in [0, 0.05) is 6.54 Å². The Kier molecular flexibility index (Phi) is 5.09. The monoisotopic (exact) mass is 342 g/mol. The van der Waals surface area contributed by atoms with E-state index in [0.29, 0.717) is 17.9 Å². The largest absolute Gasteiger partial charge is 0.496 e. The fourth-order valence-corrected chi connectivity index (χ4v) is 2.84. The number of nitrogens with zero attached hydrogens (tertiary/aromatic N) is 1. The maximum Gasteiger partial charge on any atom is 0.255 e. The Morgan fingerprint density at radius 2 is 1.96 bits per heavy atom. The highest BCUT2D eigenvalue weighted by molar-refractivity contribution is 5.96. The van der Waals surface area contributed by atoms with Gasteiger partial charge < -0.3 is 24.4 Å². The lowest BCUT2D eigenvalue weighted by Crippen LogP contribution is -2.34. The second-order valence-electron chi connectivity index (χ2n) is 6.00. The highest BCUT2D eigenvalue weighted by atomic mass is 16.7. The van der Waals surface area contributed by atoms with Crippen LogP contribution in [0.4, 0.5) is 0 Å². The summed E-state index contributed by atoms with van der Waals surface area (Å²) in [6.07, 6.45) is 0. The van der Waals surface area contributed by atoms with E-state index in [9.17, 15) is 4.79 Å². The van der Waals surface area contributed by atoms with Gasteiger partial charge in [0.15, 0.2) is 11.5 Å². The minimum absolute atomic E-state index is 0.00755. The number of carbonyl (C=O) groups excluding carboxylic acids is 1. The van der Waals surface area contributed by atoms with E-state index >= 15 is 0 Å². The van der Waals surface area contributed by atoms with Crippen LogP contribution < -0.4 is 19.5 Å². The fourth-order valence-electron chi connectivity index (χ4n) is 2.84. The molecule has 1 amide bonds. The van der Waals surface area contributed by atoms with Crippen molar-refractivity contribution in [2.24, 2.45) is 0 Å². The molecule has 132 valence electrons. The highest BCUT2D eigenvalue weighted by Crippen LogP contribution is 2.35. The van der Waals surface area contributed by atoms with Gasteiger partial charge in [-0.15, -0.1) is 0 Å². The minimum atomic E-state index is -0.162. The Labute approximate surface area is 147 Å². The van der Waals surface area contributed by atoms with Crippen molar-refractivity contribution < 1.29 is 19.0 Å². The van der Waals surface area contributed by atoms with E-state index in [1.165, 1.54) is 0 Å². The molecule has 0 aliphatic carbocycles. The number of rotatable bonds is 6. The highest BCUT2D eigenvalue weighted by Gasteiger charge is 2.21. The number of carbonyl (C=O) groups is 1. The molecule has 0 spiro atoms. The second kappa shape index (κ2) is 7.44. The van der Waals surface area contributed by atoms with Crippen LogP contribution in [-0.2, 0) is 0 Å². The molecule has 0 saturated carbocycles. The number of hydrogen-bond acceptors (Lipinski definition) is 5. The predicted molar refractivity (Wildman–Crippen MR) is 94.3 cm³/mol. The van der Waals surface area contributed by atoms with E-state index in [1.807, 2.05) is 44.4 Å². The summed E-state index contributed by atoms with van der Waals surface area (Å²) in [6, 6.07) is 13.0. The Bertz CT molecular complexity index is 761. The van der Waals surface area contributed by atoms with E-state index in [0.717, 1.165) is 17.1 Å². The molecule has 0 saturated heterocycles. The van der Waals surface area contributed by atoms with E-state index in [1.54, 1.807) is 19.2 Å². The average molecular weight is 342 g/mol. The molecular formula is C19H22N2O4. The molecule has 6 nitrogen and oxygen atoms in total. The third-order valence-electron chi connectivity index (χ3n) is 4.21. The van der Waals surface area contributed by atoms with Crippen LogP contribution in [0.25, 0.3) is 0 Å². The molecule has 0 fully saturated rings.